The Labute approximate surface area is 194 Å². The van der Waals surface area contributed by atoms with Crippen LogP contribution in [-0.4, -0.2) is 43.4 Å². The number of thiazole rings is 1. The molecule has 2 heterocycles. The second kappa shape index (κ2) is 9.38. The number of para-hydroxylation sites is 1. The van der Waals surface area contributed by atoms with Crippen LogP contribution in [-0.2, 0) is 11.3 Å². The van der Waals surface area contributed by atoms with Gasteiger partial charge in [0, 0.05) is 24.2 Å². The zero-order valence-electron chi connectivity index (χ0n) is 17.4. The Balaban J connectivity index is 1.45. The number of thioether (sulfide) groups is 1. The second-order valence-electron chi connectivity index (χ2n) is 7.05. The van der Waals surface area contributed by atoms with E-state index in [-0.39, 0.29) is 17.7 Å². The molecule has 0 aliphatic rings. The molecule has 160 valence electrons. The standard InChI is InChI=1S/C22H22ClN5OS2/c1-4-28-20(15-8-7-9-16(23)12-15)25-26-22(28)30-13-19(29)27(3)14(2)21-24-17-10-5-6-11-18(17)31-21/h5-12,14H,4,13H2,1-3H3/t14-/m1/s1. The van der Waals surface area contributed by atoms with Crippen LogP contribution >= 0.6 is 34.7 Å². The van der Waals surface area contributed by atoms with Crippen LogP contribution in [0, 0.1) is 0 Å². The summed E-state index contributed by atoms with van der Waals surface area (Å²) in [6.07, 6.45) is 0. The third-order valence-electron chi connectivity index (χ3n) is 5.08. The zero-order chi connectivity index (χ0) is 22.0. The molecule has 4 aromatic rings. The summed E-state index contributed by atoms with van der Waals surface area (Å²) in [6, 6.07) is 15.5. The minimum atomic E-state index is -0.100. The molecule has 0 saturated heterocycles. The van der Waals surface area contributed by atoms with E-state index in [0.717, 1.165) is 26.6 Å². The number of hydrogen-bond acceptors (Lipinski definition) is 6. The van der Waals surface area contributed by atoms with Gasteiger partial charge in [-0.15, -0.1) is 21.5 Å². The highest BCUT2D eigenvalue weighted by molar-refractivity contribution is 7.99. The lowest BCUT2D eigenvalue weighted by molar-refractivity contribution is -0.128. The highest BCUT2D eigenvalue weighted by Crippen LogP contribution is 2.30. The average molecular weight is 472 g/mol. The van der Waals surface area contributed by atoms with Crippen molar-refractivity contribution in [3.8, 4) is 11.4 Å². The molecule has 2 aromatic heterocycles. The zero-order valence-corrected chi connectivity index (χ0v) is 19.8. The van der Waals surface area contributed by atoms with Crippen LogP contribution in [0.15, 0.2) is 53.7 Å². The molecule has 0 aliphatic heterocycles. The van der Waals surface area contributed by atoms with Gasteiger partial charge in [0.25, 0.3) is 0 Å². The molecule has 0 N–H and O–H groups in total. The van der Waals surface area contributed by atoms with Crippen molar-refractivity contribution in [1.82, 2.24) is 24.6 Å². The van der Waals surface area contributed by atoms with Gasteiger partial charge in [-0.3, -0.25) is 4.79 Å². The number of carbonyl (C=O) groups is 1. The van der Waals surface area contributed by atoms with E-state index in [0.29, 0.717) is 16.7 Å². The lowest BCUT2D eigenvalue weighted by Crippen LogP contribution is -2.31. The van der Waals surface area contributed by atoms with Crippen molar-refractivity contribution < 1.29 is 4.79 Å². The van der Waals surface area contributed by atoms with Crippen molar-refractivity contribution >= 4 is 50.8 Å². The van der Waals surface area contributed by atoms with E-state index in [2.05, 4.69) is 21.2 Å². The van der Waals surface area contributed by atoms with Gasteiger partial charge in [0.1, 0.15) is 5.01 Å². The van der Waals surface area contributed by atoms with E-state index >= 15 is 0 Å². The fraction of sp³-hybridized carbons (Fsp3) is 0.273. The van der Waals surface area contributed by atoms with E-state index in [1.54, 1.807) is 16.2 Å². The highest BCUT2D eigenvalue weighted by Gasteiger charge is 2.22. The largest absolute Gasteiger partial charge is 0.336 e. The topological polar surface area (TPSA) is 63.9 Å². The Morgan fingerprint density at radius 2 is 2.03 bits per heavy atom. The molecule has 0 unspecified atom stereocenters. The monoisotopic (exact) mass is 471 g/mol. The Hall–Kier alpha value is -2.42. The molecule has 0 fully saturated rings. The molecule has 1 atom stereocenters. The van der Waals surface area contributed by atoms with E-state index < -0.39 is 0 Å². The van der Waals surface area contributed by atoms with Gasteiger partial charge in [-0.25, -0.2) is 4.98 Å². The van der Waals surface area contributed by atoms with E-state index in [1.165, 1.54) is 11.8 Å². The summed E-state index contributed by atoms with van der Waals surface area (Å²) in [5, 5.41) is 10.9. The predicted molar refractivity (Wildman–Crippen MR) is 128 cm³/mol. The Morgan fingerprint density at radius 3 is 2.77 bits per heavy atom. The van der Waals surface area contributed by atoms with Gasteiger partial charge in [0.15, 0.2) is 11.0 Å². The Bertz CT molecular complexity index is 1190. The lowest BCUT2D eigenvalue weighted by atomic mass is 10.2. The molecule has 4 rings (SSSR count). The van der Waals surface area contributed by atoms with Gasteiger partial charge in [-0.05, 0) is 38.1 Å². The quantitative estimate of drug-likeness (QED) is 0.331. The second-order valence-corrected chi connectivity index (χ2v) is 9.49. The van der Waals surface area contributed by atoms with Crippen LogP contribution in [0.25, 0.3) is 21.6 Å². The SMILES string of the molecule is CCn1c(SCC(=O)N(C)[C@H](C)c2nc3ccccc3s2)nnc1-c1cccc(Cl)c1. The van der Waals surface area contributed by atoms with Crippen molar-refractivity contribution in [1.29, 1.82) is 0 Å². The number of rotatable bonds is 7. The molecule has 0 saturated carbocycles. The normalized spacial score (nSPS) is 12.3. The first kappa shape index (κ1) is 21.8. The fourth-order valence-corrected chi connectivity index (χ4v) is 5.38. The van der Waals surface area contributed by atoms with Gasteiger partial charge in [0.05, 0.1) is 22.0 Å². The van der Waals surface area contributed by atoms with Crippen molar-refractivity contribution in [3.63, 3.8) is 0 Å². The van der Waals surface area contributed by atoms with Gasteiger partial charge in [0.2, 0.25) is 5.91 Å². The number of nitrogens with zero attached hydrogens (tertiary/aromatic N) is 5. The van der Waals surface area contributed by atoms with E-state index in [4.69, 9.17) is 11.6 Å². The summed E-state index contributed by atoms with van der Waals surface area (Å²) in [5.74, 6) is 1.04. The average Bonchev–Trinajstić information content (AvgIpc) is 3.40. The third kappa shape index (κ3) is 4.61. The first-order valence-electron chi connectivity index (χ1n) is 9.91. The van der Waals surface area contributed by atoms with E-state index in [1.807, 2.05) is 67.9 Å². The molecule has 9 heteroatoms. The van der Waals surface area contributed by atoms with Crippen LogP contribution < -0.4 is 0 Å². The number of aromatic nitrogens is 4. The summed E-state index contributed by atoms with van der Waals surface area (Å²) >= 11 is 9.14. The minimum absolute atomic E-state index is 0.0201. The summed E-state index contributed by atoms with van der Waals surface area (Å²) in [7, 11) is 1.82. The fourth-order valence-electron chi connectivity index (χ4n) is 3.20. The molecule has 0 radical (unpaired) electrons. The van der Waals surface area contributed by atoms with Gasteiger partial charge < -0.3 is 9.47 Å². The highest BCUT2D eigenvalue weighted by atomic mass is 35.5. The number of hydrogen-bond donors (Lipinski definition) is 0. The van der Waals surface area contributed by atoms with E-state index in [9.17, 15) is 4.79 Å². The molecule has 0 aliphatic carbocycles. The maximum atomic E-state index is 12.9. The molecule has 2 aromatic carbocycles. The first-order chi connectivity index (χ1) is 15.0. The Morgan fingerprint density at radius 1 is 1.23 bits per heavy atom. The summed E-state index contributed by atoms with van der Waals surface area (Å²) in [4.78, 5) is 19.3. The number of benzene rings is 2. The third-order valence-corrected chi connectivity index (χ3v) is 7.48. The number of carbonyl (C=O) groups excluding carboxylic acids is 1. The molecule has 1 amide bonds. The molecule has 6 nitrogen and oxygen atoms in total. The summed E-state index contributed by atoms with van der Waals surface area (Å²) in [5.41, 5.74) is 1.87. The maximum Gasteiger partial charge on any atom is 0.233 e. The van der Waals surface area contributed by atoms with Crippen molar-refractivity contribution in [2.45, 2.75) is 31.6 Å². The lowest BCUT2D eigenvalue weighted by Gasteiger charge is -2.23. The van der Waals surface area contributed by atoms with Crippen LogP contribution in [0.4, 0.5) is 0 Å². The maximum absolute atomic E-state index is 12.9. The summed E-state index contributed by atoms with van der Waals surface area (Å²) in [6.45, 7) is 4.74. The number of fused-ring (bicyclic) bond motifs is 1. The van der Waals surface area contributed by atoms with Crippen LogP contribution in [0.5, 0.6) is 0 Å². The van der Waals surface area contributed by atoms with Gasteiger partial charge >= 0.3 is 0 Å². The molecular formula is C22H22ClN5OS2. The molecule has 0 bridgehead atoms. The number of amides is 1. The smallest absolute Gasteiger partial charge is 0.233 e. The molecule has 31 heavy (non-hydrogen) atoms. The van der Waals surface area contributed by atoms with Crippen molar-refractivity contribution in [2.24, 2.45) is 0 Å². The molecular weight excluding hydrogens is 450 g/mol. The minimum Gasteiger partial charge on any atom is -0.336 e. The first-order valence-corrected chi connectivity index (χ1v) is 12.1. The van der Waals surface area contributed by atoms with Crippen molar-refractivity contribution in [2.75, 3.05) is 12.8 Å². The van der Waals surface area contributed by atoms with Gasteiger partial charge in [-0.2, -0.15) is 0 Å². The van der Waals surface area contributed by atoms with Crippen molar-refractivity contribution in [3.05, 3.63) is 58.6 Å². The summed E-state index contributed by atoms with van der Waals surface area (Å²) < 4.78 is 3.13. The van der Waals surface area contributed by atoms with Crippen LogP contribution in [0.3, 0.4) is 0 Å². The van der Waals surface area contributed by atoms with Gasteiger partial charge in [-0.1, -0.05) is 47.6 Å². The predicted octanol–water partition coefficient (Wildman–Crippen LogP) is 5.54. The Kier molecular flexibility index (Phi) is 6.60. The van der Waals surface area contributed by atoms with Crippen LogP contribution in [0.2, 0.25) is 5.02 Å². The number of halogens is 1. The molecule has 0 spiro atoms. The van der Waals surface area contributed by atoms with Crippen LogP contribution in [0.1, 0.15) is 24.9 Å².